The summed E-state index contributed by atoms with van der Waals surface area (Å²) in [6.07, 6.45) is 0. The van der Waals surface area contributed by atoms with E-state index in [1.54, 1.807) is 65.6 Å². The highest BCUT2D eigenvalue weighted by atomic mass is 35.5. The smallest absolute Gasteiger partial charge is 0.267 e. The molecule has 1 aliphatic heterocycles. The number of halogens is 1. The van der Waals surface area contributed by atoms with Gasteiger partial charge in [-0.3, -0.25) is 19.5 Å². The average molecular weight is 475 g/mol. The lowest BCUT2D eigenvalue weighted by Crippen LogP contribution is -2.37. The number of carbonyl (C=O) groups is 1. The van der Waals surface area contributed by atoms with Gasteiger partial charge in [0, 0.05) is 16.2 Å². The average Bonchev–Trinajstić information content (AvgIpc) is 3.27. The molecule has 33 heavy (non-hydrogen) atoms. The van der Waals surface area contributed by atoms with E-state index in [1.165, 1.54) is 16.4 Å². The van der Waals surface area contributed by atoms with Crippen LogP contribution in [0.4, 0.5) is 5.69 Å². The zero-order chi connectivity index (χ0) is 22.9. The molecule has 6 nitrogen and oxygen atoms in total. The second kappa shape index (κ2) is 8.84. The number of anilines is 1. The lowest BCUT2D eigenvalue weighted by molar-refractivity contribution is 0.0998. The number of thioether (sulfide) groups is 1. The van der Waals surface area contributed by atoms with Gasteiger partial charge in [-0.05, 0) is 49.4 Å². The molecule has 1 aromatic heterocycles. The molecule has 8 heteroatoms. The molecule has 4 aromatic rings. The van der Waals surface area contributed by atoms with Crippen molar-refractivity contribution in [1.82, 2.24) is 9.78 Å². The third-order valence-corrected chi connectivity index (χ3v) is 6.72. The molecule has 0 unspecified atom stereocenters. The first kappa shape index (κ1) is 21.4. The maximum atomic E-state index is 14.1. The summed E-state index contributed by atoms with van der Waals surface area (Å²) < 4.78 is 1.28. The van der Waals surface area contributed by atoms with E-state index in [9.17, 15) is 9.59 Å². The van der Waals surface area contributed by atoms with Crippen LogP contribution in [0, 0.1) is 0 Å². The molecular weight excluding hydrogens is 456 g/mol. The Hall–Kier alpha value is -3.42. The van der Waals surface area contributed by atoms with Crippen LogP contribution in [0.5, 0.6) is 0 Å². The van der Waals surface area contributed by atoms with Gasteiger partial charge in [0.1, 0.15) is 0 Å². The van der Waals surface area contributed by atoms with Crippen LogP contribution < -0.4 is 10.5 Å². The normalized spacial score (nSPS) is 15.5. The van der Waals surface area contributed by atoms with Gasteiger partial charge in [0.05, 0.1) is 22.8 Å². The predicted molar refractivity (Wildman–Crippen MR) is 135 cm³/mol. The minimum atomic E-state index is -0.362. The number of hydrogen-bond acceptors (Lipinski definition) is 5. The molecule has 164 valence electrons. The van der Waals surface area contributed by atoms with Crippen molar-refractivity contribution in [2.75, 3.05) is 10.7 Å². The monoisotopic (exact) mass is 474 g/mol. The van der Waals surface area contributed by atoms with Crippen LogP contribution in [0.3, 0.4) is 0 Å². The summed E-state index contributed by atoms with van der Waals surface area (Å²) in [7, 11) is 0. The van der Waals surface area contributed by atoms with Crippen molar-refractivity contribution in [1.29, 1.82) is 0 Å². The number of aromatic nitrogens is 2. The molecular formula is C25H19ClN4O2S. The van der Waals surface area contributed by atoms with E-state index in [1.807, 2.05) is 25.1 Å². The molecule has 5 rings (SSSR count). The van der Waals surface area contributed by atoms with Gasteiger partial charge in [0.15, 0.2) is 10.9 Å². The SMILES string of the molecule is C[C@@H]1CSC(N(C(=O)c2nn(-c3ccccc3)c(=O)c3ccccc23)c2ccc(Cl)cc2)=N1. The van der Waals surface area contributed by atoms with Crippen molar-refractivity contribution in [3.05, 3.63) is 99.9 Å². The van der Waals surface area contributed by atoms with Gasteiger partial charge in [-0.1, -0.05) is 59.8 Å². The lowest BCUT2D eigenvalue weighted by Gasteiger charge is -2.22. The summed E-state index contributed by atoms with van der Waals surface area (Å²) in [6, 6.07) is 23.2. The summed E-state index contributed by atoms with van der Waals surface area (Å²) in [5.41, 5.74) is 1.11. The molecule has 0 spiro atoms. The van der Waals surface area contributed by atoms with Crippen LogP contribution in [0.25, 0.3) is 16.5 Å². The highest BCUT2D eigenvalue weighted by Crippen LogP contribution is 2.29. The molecule has 1 amide bonds. The number of aliphatic imine (C=N–C) groups is 1. The number of nitrogens with zero attached hydrogens (tertiary/aromatic N) is 4. The first-order valence-electron chi connectivity index (χ1n) is 10.4. The fraction of sp³-hybridized carbons (Fsp3) is 0.120. The van der Waals surface area contributed by atoms with Crippen molar-refractivity contribution in [2.45, 2.75) is 13.0 Å². The summed E-state index contributed by atoms with van der Waals surface area (Å²) in [5.74, 6) is 0.420. The summed E-state index contributed by atoms with van der Waals surface area (Å²) >= 11 is 7.61. The van der Waals surface area contributed by atoms with Gasteiger partial charge in [0.25, 0.3) is 11.5 Å². The van der Waals surface area contributed by atoms with Crippen molar-refractivity contribution >= 4 is 50.9 Å². The van der Waals surface area contributed by atoms with Crippen molar-refractivity contribution < 1.29 is 4.79 Å². The van der Waals surface area contributed by atoms with Crippen molar-refractivity contribution in [3.63, 3.8) is 0 Å². The Morgan fingerprint density at radius 2 is 1.67 bits per heavy atom. The molecule has 0 saturated carbocycles. The van der Waals surface area contributed by atoms with Crippen molar-refractivity contribution in [2.24, 2.45) is 4.99 Å². The van der Waals surface area contributed by atoms with Gasteiger partial charge in [0.2, 0.25) is 0 Å². The minimum Gasteiger partial charge on any atom is -0.267 e. The Morgan fingerprint density at radius 3 is 2.33 bits per heavy atom. The maximum absolute atomic E-state index is 14.1. The molecule has 0 aliphatic carbocycles. The van der Waals surface area contributed by atoms with E-state index in [2.05, 4.69) is 10.1 Å². The third-order valence-electron chi connectivity index (χ3n) is 5.27. The number of fused-ring (bicyclic) bond motifs is 1. The first-order chi connectivity index (χ1) is 16.0. The van der Waals surface area contributed by atoms with E-state index < -0.39 is 0 Å². The van der Waals surface area contributed by atoms with E-state index in [4.69, 9.17) is 11.6 Å². The Bertz CT molecular complexity index is 1430. The fourth-order valence-corrected chi connectivity index (χ4v) is 4.85. The topological polar surface area (TPSA) is 67.6 Å². The second-order valence-electron chi connectivity index (χ2n) is 7.64. The molecule has 0 saturated heterocycles. The summed E-state index contributed by atoms with van der Waals surface area (Å²) in [6.45, 7) is 2.01. The van der Waals surface area contributed by atoms with E-state index >= 15 is 0 Å². The van der Waals surface area contributed by atoms with Crippen molar-refractivity contribution in [3.8, 4) is 5.69 Å². The number of para-hydroxylation sites is 1. The largest absolute Gasteiger partial charge is 0.285 e. The van der Waals surface area contributed by atoms with Gasteiger partial charge in [-0.25, -0.2) is 0 Å². The Kier molecular flexibility index (Phi) is 5.74. The van der Waals surface area contributed by atoms with Gasteiger partial charge in [-0.2, -0.15) is 9.78 Å². The Labute approximate surface area is 199 Å². The zero-order valence-corrected chi connectivity index (χ0v) is 19.3. The van der Waals surface area contributed by atoms with Gasteiger partial charge < -0.3 is 0 Å². The highest BCUT2D eigenvalue weighted by Gasteiger charge is 2.30. The number of benzene rings is 3. The fourth-order valence-electron chi connectivity index (χ4n) is 3.68. The highest BCUT2D eigenvalue weighted by molar-refractivity contribution is 8.14. The predicted octanol–water partition coefficient (Wildman–Crippen LogP) is 5.18. The quantitative estimate of drug-likeness (QED) is 0.410. The van der Waals surface area contributed by atoms with Crippen LogP contribution in [-0.4, -0.2) is 32.7 Å². The first-order valence-corrected chi connectivity index (χ1v) is 11.8. The molecule has 3 aromatic carbocycles. The number of amidine groups is 1. The Morgan fingerprint density at radius 1 is 1.00 bits per heavy atom. The standard InChI is InChI=1S/C25H19ClN4O2S/c1-16-15-33-25(27-16)29(18-13-11-17(26)12-14-18)24(32)22-20-9-5-6-10-21(20)23(31)30(28-22)19-7-3-2-4-8-19/h2-14,16H,15H2,1H3/t16-/m1/s1. The van der Waals surface area contributed by atoms with Crippen LogP contribution >= 0.6 is 23.4 Å². The van der Waals surface area contributed by atoms with E-state index in [0.717, 1.165) is 5.75 Å². The van der Waals surface area contributed by atoms with Gasteiger partial charge in [-0.15, -0.1) is 0 Å². The van der Waals surface area contributed by atoms with E-state index in [0.29, 0.717) is 32.3 Å². The lowest BCUT2D eigenvalue weighted by atomic mass is 10.1. The molecule has 2 heterocycles. The van der Waals surface area contributed by atoms with Gasteiger partial charge >= 0.3 is 0 Å². The second-order valence-corrected chi connectivity index (χ2v) is 9.06. The molecule has 0 radical (unpaired) electrons. The van der Waals surface area contributed by atoms with Crippen LogP contribution in [0.1, 0.15) is 17.4 Å². The zero-order valence-electron chi connectivity index (χ0n) is 17.7. The number of rotatable bonds is 3. The maximum Gasteiger partial charge on any atom is 0.285 e. The minimum absolute atomic E-state index is 0.0931. The molecule has 0 bridgehead atoms. The number of hydrogen-bond donors (Lipinski definition) is 0. The van der Waals surface area contributed by atoms with Crippen LogP contribution in [0.2, 0.25) is 5.02 Å². The Balaban J connectivity index is 1.73. The van der Waals surface area contributed by atoms with Crippen LogP contribution in [0.15, 0.2) is 88.6 Å². The third kappa shape index (κ3) is 4.05. The van der Waals surface area contributed by atoms with E-state index in [-0.39, 0.29) is 23.2 Å². The molecule has 1 aliphatic rings. The summed E-state index contributed by atoms with van der Waals surface area (Å²) in [5, 5.41) is 6.63. The van der Waals surface area contributed by atoms with Crippen LogP contribution in [-0.2, 0) is 0 Å². The molecule has 1 atom stereocenters. The number of carbonyl (C=O) groups excluding carboxylic acids is 1. The summed E-state index contributed by atoms with van der Waals surface area (Å²) in [4.78, 5) is 33.5. The molecule has 0 N–H and O–H groups in total. The number of amides is 1. The molecule has 0 fully saturated rings.